The number of hydrogen-bond donors (Lipinski definition) is 1. The van der Waals surface area contributed by atoms with Gasteiger partial charge in [0.05, 0.1) is 11.1 Å². The van der Waals surface area contributed by atoms with Crippen molar-refractivity contribution in [3.8, 4) is 5.75 Å². The lowest BCUT2D eigenvalue weighted by atomic mass is 10.1. The van der Waals surface area contributed by atoms with E-state index in [9.17, 15) is 5.02 Å². The second kappa shape index (κ2) is 8.22. The normalized spacial score (nSPS) is 11.5. The number of hydrogen-bond acceptors (Lipinski definition) is 5. The lowest BCUT2D eigenvalue weighted by Gasteiger charge is -2.26. The summed E-state index contributed by atoms with van der Waals surface area (Å²) in [6.07, 6.45) is 0. The van der Waals surface area contributed by atoms with E-state index < -0.39 is 0 Å². The lowest BCUT2D eigenvalue weighted by molar-refractivity contribution is 0.454. The second-order valence-electron chi connectivity index (χ2n) is 8.58. The van der Waals surface area contributed by atoms with Crippen LogP contribution in [0.15, 0.2) is 118 Å². The largest absolute Gasteiger partial charge is 0.569 e. The summed E-state index contributed by atoms with van der Waals surface area (Å²) in [5.41, 5.74) is 6.04. The van der Waals surface area contributed by atoms with Gasteiger partial charge < -0.3 is 23.4 Å². The zero-order valence-electron chi connectivity index (χ0n) is 19.1. The summed E-state index contributed by atoms with van der Waals surface area (Å²) in [6.45, 7) is 0. The van der Waals surface area contributed by atoms with Gasteiger partial charge in [-0.3, -0.25) is 0 Å². The fourth-order valence-corrected chi connectivity index (χ4v) is 4.98. The molecule has 171 valence electrons. The summed E-state index contributed by atoms with van der Waals surface area (Å²) in [5.74, 6) is 0.522. The Kier molecular flexibility index (Phi) is 4.72. The van der Waals surface area contributed by atoms with E-state index >= 15 is 0 Å². The van der Waals surface area contributed by atoms with Gasteiger partial charge in [-0.1, -0.05) is 48.5 Å². The fraction of sp³-hybridized carbons (Fsp3) is 0. The second-order valence-corrected chi connectivity index (χ2v) is 8.58. The molecule has 0 saturated heterocycles. The number of rotatable bonds is 5. The van der Waals surface area contributed by atoms with Crippen LogP contribution >= 0.6 is 0 Å². The first-order chi connectivity index (χ1) is 17.8. The van der Waals surface area contributed by atoms with Crippen molar-refractivity contribution in [3.05, 3.63) is 109 Å². The Hall–Kier alpha value is -4.68. The highest BCUT2D eigenvalue weighted by Crippen LogP contribution is 2.44. The van der Waals surface area contributed by atoms with E-state index in [1.807, 2.05) is 66.7 Å². The van der Waals surface area contributed by atoms with Crippen molar-refractivity contribution in [1.82, 2.24) is 0 Å². The van der Waals surface area contributed by atoms with Crippen molar-refractivity contribution in [2.24, 2.45) is 0 Å². The van der Waals surface area contributed by atoms with Crippen LogP contribution in [0.4, 0.5) is 17.1 Å². The standard InChI is InChI=1S/C30H19BNO4/c33-31-36-21-8-5-7-19(17-21)32(20-15-16-23-22-9-1-3-12-26(22)35-29(23)18-20)25-11-6-14-28-30(25)24-10-2-4-13-27(24)34-28/h1-18,33H. The SMILES string of the molecule is O[B]Oc1cccc(N(c2ccc3c(c2)oc2ccccc23)c2cccc3oc4ccccc4c23)c1. The third-order valence-electron chi connectivity index (χ3n) is 6.51. The van der Waals surface area contributed by atoms with Gasteiger partial charge in [0.1, 0.15) is 28.1 Å². The number of benzene rings is 5. The summed E-state index contributed by atoms with van der Waals surface area (Å²) in [5, 5.41) is 13.4. The molecule has 0 atom stereocenters. The van der Waals surface area contributed by atoms with Crippen molar-refractivity contribution in [2.45, 2.75) is 0 Å². The quantitative estimate of drug-likeness (QED) is 0.261. The Morgan fingerprint density at radius 1 is 0.583 bits per heavy atom. The lowest BCUT2D eigenvalue weighted by Crippen LogP contribution is -2.11. The topological polar surface area (TPSA) is 59.0 Å². The van der Waals surface area contributed by atoms with Crippen LogP contribution in [0, 0.1) is 0 Å². The van der Waals surface area contributed by atoms with Gasteiger partial charge in [-0.05, 0) is 48.5 Å². The molecule has 0 aliphatic rings. The number of nitrogens with zero attached hydrogens (tertiary/aromatic N) is 1. The molecular formula is C30H19BNO4. The Bertz CT molecular complexity index is 1890. The summed E-state index contributed by atoms with van der Waals surface area (Å²) in [7, 11) is 0.689. The molecular weight excluding hydrogens is 449 g/mol. The number of furan rings is 2. The molecule has 7 rings (SSSR count). The van der Waals surface area contributed by atoms with E-state index in [1.54, 1.807) is 6.07 Å². The van der Waals surface area contributed by atoms with Crippen molar-refractivity contribution in [3.63, 3.8) is 0 Å². The minimum Gasteiger partial charge on any atom is -0.537 e. The minimum absolute atomic E-state index is 0.522. The van der Waals surface area contributed by atoms with Gasteiger partial charge in [-0.15, -0.1) is 0 Å². The summed E-state index contributed by atoms with van der Waals surface area (Å²) < 4.78 is 17.7. The minimum atomic E-state index is 0.522. The summed E-state index contributed by atoms with van der Waals surface area (Å²) in [6, 6.07) is 36.0. The highest BCUT2D eigenvalue weighted by Gasteiger charge is 2.20. The molecule has 0 fully saturated rings. The first-order valence-corrected chi connectivity index (χ1v) is 11.6. The molecule has 6 heteroatoms. The predicted molar refractivity (Wildman–Crippen MR) is 144 cm³/mol. The molecule has 0 aliphatic heterocycles. The van der Waals surface area contributed by atoms with E-state index in [0.29, 0.717) is 13.4 Å². The Morgan fingerprint density at radius 2 is 1.25 bits per heavy atom. The maximum Gasteiger partial charge on any atom is 0.569 e. The zero-order valence-corrected chi connectivity index (χ0v) is 19.1. The molecule has 0 bridgehead atoms. The van der Waals surface area contributed by atoms with Crippen LogP contribution in [-0.2, 0) is 0 Å². The van der Waals surface area contributed by atoms with Gasteiger partial charge >= 0.3 is 7.69 Å². The van der Waals surface area contributed by atoms with Gasteiger partial charge in [-0.2, -0.15) is 0 Å². The van der Waals surface area contributed by atoms with Crippen molar-refractivity contribution >= 4 is 68.6 Å². The highest BCUT2D eigenvalue weighted by molar-refractivity contribution is 6.17. The average Bonchev–Trinajstić information content (AvgIpc) is 3.48. The molecule has 2 aromatic heterocycles. The van der Waals surface area contributed by atoms with Crippen molar-refractivity contribution in [1.29, 1.82) is 0 Å². The van der Waals surface area contributed by atoms with Crippen LogP contribution in [0.25, 0.3) is 43.9 Å². The molecule has 0 saturated carbocycles. The van der Waals surface area contributed by atoms with Gasteiger partial charge in [0.25, 0.3) is 0 Å². The Balaban J connectivity index is 1.51. The Morgan fingerprint density at radius 3 is 2.11 bits per heavy atom. The highest BCUT2D eigenvalue weighted by atomic mass is 16.5. The van der Waals surface area contributed by atoms with Crippen LogP contribution in [0.1, 0.15) is 0 Å². The van der Waals surface area contributed by atoms with E-state index in [1.165, 1.54) is 0 Å². The van der Waals surface area contributed by atoms with Crippen LogP contribution in [0.5, 0.6) is 5.75 Å². The molecule has 0 aliphatic carbocycles. The smallest absolute Gasteiger partial charge is 0.537 e. The molecule has 36 heavy (non-hydrogen) atoms. The van der Waals surface area contributed by atoms with Crippen LogP contribution < -0.4 is 9.55 Å². The third kappa shape index (κ3) is 3.23. The molecule has 7 aromatic rings. The molecule has 1 radical (unpaired) electrons. The molecule has 0 spiro atoms. The number of anilines is 3. The first kappa shape index (κ1) is 20.7. The van der Waals surface area contributed by atoms with E-state index in [2.05, 4.69) is 41.3 Å². The Labute approximate surface area is 207 Å². The van der Waals surface area contributed by atoms with Crippen LogP contribution in [0.3, 0.4) is 0 Å². The van der Waals surface area contributed by atoms with Gasteiger partial charge in [0, 0.05) is 39.7 Å². The molecule has 0 amide bonds. The molecule has 5 nitrogen and oxygen atoms in total. The fourth-order valence-electron chi connectivity index (χ4n) is 4.98. The monoisotopic (exact) mass is 468 g/mol. The van der Waals surface area contributed by atoms with Gasteiger partial charge in [0.15, 0.2) is 0 Å². The molecule has 0 unspecified atom stereocenters. The zero-order chi connectivity index (χ0) is 24.1. The third-order valence-corrected chi connectivity index (χ3v) is 6.51. The molecule has 5 aromatic carbocycles. The summed E-state index contributed by atoms with van der Waals surface area (Å²) >= 11 is 0. The molecule has 1 N–H and O–H groups in total. The average molecular weight is 468 g/mol. The number of fused-ring (bicyclic) bond motifs is 6. The van der Waals surface area contributed by atoms with Gasteiger partial charge in [0.2, 0.25) is 0 Å². The summed E-state index contributed by atoms with van der Waals surface area (Å²) in [4.78, 5) is 2.15. The van der Waals surface area contributed by atoms with Crippen LogP contribution in [-0.4, -0.2) is 12.7 Å². The van der Waals surface area contributed by atoms with E-state index in [4.69, 9.17) is 13.5 Å². The van der Waals surface area contributed by atoms with Crippen LogP contribution in [0.2, 0.25) is 0 Å². The van der Waals surface area contributed by atoms with Gasteiger partial charge in [-0.25, -0.2) is 0 Å². The first-order valence-electron chi connectivity index (χ1n) is 11.6. The maximum atomic E-state index is 9.22. The maximum absolute atomic E-state index is 9.22. The predicted octanol–water partition coefficient (Wildman–Crippen LogP) is 7.86. The number of para-hydroxylation sites is 2. The van der Waals surface area contributed by atoms with E-state index in [0.717, 1.165) is 60.9 Å². The van der Waals surface area contributed by atoms with Crippen molar-refractivity contribution < 1.29 is 18.5 Å². The van der Waals surface area contributed by atoms with Crippen molar-refractivity contribution in [2.75, 3.05) is 4.90 Å². The molecule has 2 heterocycles. The van der Waals surface area contributed by atoms with E-state index in [-0.39, 0.29) is 0 Å².